The third-order valence-corrected chi connectivity index (χ3v) is 17.7. The second kappa shape index (κ2) is 37.7. The van der Waals surface area contributed by atoms with E-state index in [2.05, 4.69) is 130 Å². The summed E-state index contributed by atoms with van der Waals surface area (Å²) in [6, 6.07) is -0.417. The Bertz CT molecular complexity index is 1340. The monoisotopic (exact) mass is 1090 g/mol. The number of carbonyl (C=O) groups excluding carboxylic acids is 1. The second-order valence-corrected chi connectivity index (χ2v) is 48.6. The van der Waals surface area contributed by atoms with E-state index >= 15 is 0 Å². The summed E-state index contributed by atoms with van der Waals surface area (Å²) < 4.78 is 49.0. The first-order valence-corrected chi connectivity index (χ1v) is 46.9. The molecule has 0 saturated carbocycles. The van der Waals surface area contributed by atoms with Crippen molar-refractivity contribution in [2.75, 3.05) is 13.2 Å². The van der Waals surface area contributed by atoms with Crippen LogP contribution in [0.25, 0.3) is 0 Å². The first-order valence-electron chi connectivity index (χ1n) is 29.8. The smallest absolute Gasteiger partial charge is 0.220 e. The molecule has 1 rings (SSSR count). The third-order valence-electron chi connectivity index (χ3n) is 12.7. The molecule has 9 nitrogen and oxygen atoms in total. The van der Waals surface area contributed by atoms with Gasteiger partial charge < -0.3 is 36.9 Å². The van der Waals surface area contributed by atoms with Crippen LogP contribution in [-0.4, -0.2) is 104 Å². The lowest BCUT2D eigenvalue weighted by molar-refractivity contribution is -0.292. The molecule has 71 heavy (non-hydrogen) atoms. The number of allylic oxidation sites excluding steroid dienone is 1. The van der Waals surface area contributed by atoms with Crippen molar-refractivity contribution in [3.8, 4) is 0 Å². The summed E-state index contributed by atoms with van der Waals surface area (Å²) in [5, 5.41) is 3.47. The minimum absolute atomic E-state index is 0.0562. The zero-order valence-electron chi connectivity index (χ0n) is 50.2. The summed E-state index contributed by atoms with van der Waals surface area (Å²) >= 11 is 0. The van der Waals surface area contributed by atoms with Crippen molar-refractivity contribution in [2.45, 2.75) is 335 Å². The molecular formula is C57H121NO8Si5. The predicted octanol–water partition coefficient (Wildman–Crippen LogP) is 17.5. The molecule has 0 bridgehead atoms. The molecule has 0 radical (unpaired) electrons. The standard InChI is InChI=1S/C57H121NO8Si5/c1-18-20-22-24-26-28-30-32-33-35-37-39-41-43-45-47-53(59)58-50(51(63-68(6,7)8)46-44-42-40-38-36-34-31-29-27-25-23-21-19-2)48-60-57-56(66-71(15,16)17)55(65-70(12,13)14)54(64-69(9,10)11)52(62-57)49-61-67(3,4)5/h44,46,50-52,54-57H,18-43,45,47-49H2,1-17H3,(H,58,59)/b46-44-/t50-,51+,52-,54-,55+,56-,57-/m1/s1. The highest BCUT2D eigenvalue weighted by molar-refractivity contribution is 6.71. The molecule has 0 aromatic carbocycles. The van der Waals surface area contributed by atoms with Gasteiger partial charge in [-0.05, 0) is 117 Å². The Labute approximate surface area is 447 Å². The van der Waals surface area contributed by atoms with Crippen molar-refractivity contribution in [3.63, 3.8) is 0 Å². The number of hydrogen-bond acceptors (Lipinski definition) is 8. The van der Waals surface area contributed by atoms with E-state index in [1.54, 1.807) is 0 Å². The molecule has 422 valence electrons. The highest BCUT2D eigenvalue weighted by Gasteiger charge is 2.52. The maximum atomic E-state index is 14.0. The van der Waals surface area contributed by atoms with Gasteiger partial charge in [-0.3, -0.25) is 4.79 Å². The van der Waals surface area contributed by atoms with Crippen molar-refractivity contribution in [3.05, 3.63) is 12.2 Å². The minimum Gasteiger partial charge on any atom is -0.415 e. The summed E-state index contributed by atoms with van der Waals surface area (Å²) in [5.41, 5.74) is 0. The summed E-state index contributed by atoms with van der Waals surface area (Å²) in [6.45, 7) is 38.5. The summed E-state index contributed by atoms with van der Waals surface area (Å²) in [7, 11) is -10.4. The number of carbonyl (C=O) groups is 1. The van der Waals surface area contributed by atoms with E-state index in [0.717, 1.165) is 25.7 Å². The van der Waals surface area contributed by atoms with Gasteiger partial charge >= 0.3 is 0 Å². The molecule has 1 N–H and O–H groups in total. The van der Waals surface area contributed by atoms with Gasteiger partial charge in [0.15, 0.2) is 47.9 Å². The van der Waals surface area contributed by atoms with Crippen LogP contribution in [0.1, 0.15) is 194 Å². The van der Waals surface area contributed by atoms with Crippen molar-refractivity contribution in [1.82, 2.24) is 5.32 Å². The zero-order chi connectivity index (χ0) is 53.4. The molecule has 1 amide bonds. The topological polar surface area (TPSA) is 93.7 Å². The molecule has 1 saturated heterocycles. The van der Waals surface area contributed by atoms with Crippen LogP contribution in [0.15, 0.2) is 12.2 Å². The third kappa shape index (κ3) is 39.1. The summed E-state index contributed by atoms with van der Waals surface area (Å²) in [6.07, 6.45) is 37.3. The normalized spacial score (nSPS) is 20.5. The Kier molecular flexibility index (Phi) is 36.7. The Morgan fingerprint density at radius 2 is 0.887 bits per heavy atom. The van der Waals surface area contributed by atoms with Crippen LogP contribution in [0.2, 0.25) is 98.2 Å². The highest BCUT2D eigenvalue weighted by atomic mass is 28.4. The van der Waals surface area contributed by atoms with Gasteiger partial charge in [0, 0.05) is 6.42 Å². The number of hydrogen-bond donors (Lipinski definition) is 1. The zero-order valence-corrected chi connectivity index (χ0v) is 55.2. The number of amides is 1. The van der Waals surface area contributed by atoms with E-state index in [4.69, 9.17) is 31.6 Å². The van der Waals surface area contributed by atoms with Crippen molar-refractivity contribution < 1.29 is 36.4 Å². The van der Waals surface area contributed by atoms with E-state index in [9.17, 15) is 4.79 Å². The highest BCUT2D eigenvalue weighted by Crippen LogP contribution is 2.35. The quantitative estimate of drug-likeness (QED) is 0.0366. The van der Waals surface area contributed by atoms with E-state index in [0.29, 0.717) is 13.0 Å². The van der Waals surface area contributed by atoms with Crippen molar-refractivity contribution in [2.24, 2.45) is 0 Å². The van der Waals surface area contributed by atoms with E-state index in [1.807, 2.05) is 0 Å². The average molecular weight is 1090 g/mol. The van der Waals surface area contributed by atoms with Crippen molar-refractivity contribution >= 4 is 47.5 Å². The van der Waals surface area contributed by atoms with Gasteiger partial charge in [0.2, 0.25) is 5.91 Å². The van der Waals surface area contributed by atoms with Crippen LogP contribution in [0.3, 0.4) is 0 Å². The van der Waals surface area contributed by atoms with Gasteiger partial charge in [0.25, 0.3) is 0 Å². The Balaban J connectivity index is 3.30. The maximum Gasteiger partial charge on any atom is 0.220 e. The lowest BCUT2D eigenvalue weighted by Gasteiger charge is -2.51. The fraction of sp³-hybridized carbons (Fsp3) is 0.947. The fourth-order valence-electron chi connectivity index (χ4n) is 9.28. The van der Waals surface area contributed by atoms with Crippen LogP contribution in [-0.2, 0) is 36.4 Å². The molecule has 0 aromatic heterocycles. The van der Waals surface area contributed by atoms with Crippen LogP contribution in [0, 0.1) is 0 Å². The molecule has 1 heterocycles. The minimum atomic E-state index is -2.18. The number of nitrogens with one attached hydrogen (secondary N) is 1. The van der Waals surface area contributed by atoms with Gasteiger partial charge in [0.1, 0.15) is 24.4 Å². The summed E-state index contributed by atoms with van der Waals surface area (Å²) in [5.74, 6) is 0.0562. The molecule has 0 unspecified atom stereocenters. The SMILES string of the molecule is CCCCCCCCCCCCC/C=C\[C@H](O[Si](C)(C)C)[C@@H](CO[C@@H]1O[C@H](CO[Si](C)(C)C)[C@@H](O[Si](C)(C)C)[C@H](O[Si](C)(C)C)[C@H]1O[Si](C)(C)C)NC(=O)CCCCCCCCCCCCCCCCC. The Morgan fingerprint density at radius 1 is 0.493 bits per heavy atom. The molecule has 14 heteroatoms. The lowest BCUT2D eigenvalue weighted by atomic mass is 9.99. The number of ether oxygens (including phenoxy) is 2. The average Bonchev–Trinajstić information content (AvgIpc) is 3.24. The molecule has 0 aromatic rings. The maximum absolute atomic E-state index is 14.0. The number of rotatable bonds is 45. The molecule has 7 atom stereocenters. The van der Waals surface area contributed by atoms with Gasteiger partial charge in [-0.1, -0.05) is 180 Å². The van der Waals surface area contributed by atoms with Crippen LogP contribution in [0.5, 0.6) is 0 Å². The lowest BCUT2D eigenvalue weighted by Crippen LogP contribution is -2.66. The molecule has 0 aliphatic carbocycles. The number of unbranched alkanes of at least 4 members (excludes halogenated alkanes) is 25. The van der Waals surface area contributed by atoms with Gasteiger partial charge in [-0.2, -0.15) is 0 Å². The van der Waals surface area contributed by atoms with Crippen LogP contribution in [0.4, 0.5) is 0 Å². The van der Waals surface area contributed by atoms with Crippen molar-refractivity contribution in [1.29, 1.82) is 0 Å². The Hall–Kier alpha value is 0.0144. The molecule has 1 aliphatic heterocycles. The van der Waals surface area contributed by atoms with E-state index in [1.165, 1.54) is 148 Å². The summed E-state index contributed by atoms with van der Waals surface area (Å²) in [4.78, 5) is 14.0. The van der Waals surface area contributed by atoms with E-state index in [-0.39, 0.29) is 24.7 Å². The van der Waals surface area contributed by atoms with Gasteiger partial charge in [-0.25, -0.2) is 0 Å². The molecule has 1 fully saturated rings. The first-order chi connectivity index (χ1) is 33.2. The van der Waals surface area contributed by atoms with Gasteiger partial charge in [0.05, 0.1) is 25.4 Å². The van der Waals surface area contributed by atoms with Crippen LogP contribution >= 0.6 is 0 Å². The van der Waals surface area contributed by atoms with Gasteiger partial charge in [-0.15, -0.1) is 0 Å². The first kappa shape index (κ1) is 69.0. The fourth-order valence-corrected chi connectivity index (χ4v) is 14.3. The predicted molar refractivity (Wildman–Crippen MR) is 318 cm³/mol. The second-order valence-electron chi connectivity index (χ2n) is 26.2. The molecule has 0 spiro atoms. The van der Waals surface area contributed by atoms with Crippen LogP contribution < -0.4 is 5.32 Å². The Morgan fingerprint density at radius 3 is 1.30 bits per heavy atom. The van der Waals surface area contributed by atoms with E-state index < -0.39 is 72.2 Å². The largest absolute Gasteiger partial charge is 0.415 e. The molecule has 1 aliphatic rings. The molecular weight excluding hydrogens is 967 g/mol.